The van der Waals surface area contributed by atoms with Gasteiger partial charge < -0.3 is 4.90 Å². The Morgan fingerprint density at radius 1 is 1.06 bits per heavy atom. The topological polar surface area (TPSA) is 92.6 Å². The molecule has 1 aliphatic rings. The Labute approximate surface area is 199 Å². The maximum Gasteiger partial charge on any atom is 0.267 e. The van der Waals surface area contributed by atoms with Gasteiger partial charge in [-0.2, -0.15) is 9.40 Å². The van der Waals surface area contributed by atoms with E-state index in [-0.39, 0.29) is 17.3 Å². The lowest BCUT2D eigenvalue weighted by molar-refractivity contribution is -0.119. The molecule has 8 nitrogen and oxygen atoms in total. The number of fused-ring (bicyclic) bond motifs is 1. The number of nitrogens with zero attached hydrogens (tertiary/aromatic N) is 4. The highest BCUT2D eigenvalue weighted by atomic mass is 32.2. The van der Waals surface area contributed by atoms with Crippen LogP contribution < -0.4 is 10.5 Å². The summed E-state index contributed by atoms with van der Waals surface area (Å²) in [7, 11) is -3.66. The van der Waals surface area contributed by atoms with Crippen LogP contribution in [0.4, 0.5) is 5.69 Å². The van der Waals surface area contributed by atoms with E-state index in [1.165, 1.54) is 10.4 Å². The number of aryl methyl sites for hydroxylation is 1. The van der Waals surface area contributed by atoms with Gasteiger partial charge in [0.25, 0.3) is 5.56 Å². The lowest BCUT2D eigenvalue weighted by Gasteiger charge is -2.20. The van der Waals surface area contributed by atoms with Crippen LogP contribution in [0.3, 0.4) is 0 Å². The highest BCUT2D eigenvalue weighted by molar-refractivity contribution is 7.89. The minimum absolute atomic E-state index is 0.197. The van der Waals surface area contributed by atoms with Gasteiger partial charge in [-0.25, -0.2) is 13.1 Å². The van der Waals surface area contributed by atoms with E-state index in [1.807, 2.05) is 24.3 Å². The van der Waals surface area contributed by atoms with Crippen LogP contribution in [0.1, 0.15) is 25.0 Å². The highest BCUT2D eigenvalue weighted by Crippen LogP contribution is 2.28. The summed E-state index contributed by atoms with van der Waals surface area (Å²) < 4.78 is 28.8. The van der Waals surface area contributed by atoms with Gasteiger partial charge in [-0.05, 0) is 42.7 Å². The average Bonchev–Trinajstić information content (AvgIpc) is 3.26. The van der Waals surface area contributed by atoms with Crippen molar-refractivity contribution in [2.45, 2.75) is 38.6 Å². The zero-order chi connectivity index (χ0) is 24.5. The summed E-state index contributed by atoms with van der Waals surface area (Å²) in [5.74, 6) is -0.217. The van der Waals surface area contributed by atoms with Crippen LogP contribution >= 0.6 is 0 Å². The lowest BCUT2D eigenvalue weighted by Crippen LogP contribution is -2.36. The number of sulfonamides is 1. The maximum absolute atomic E-state index is 13.1. The molecule has 2 aromatic carbocycles. The minimum Gasteiger partial charge on any atom is -0.310 e. The first-order chi connectivity index (χ1) is 16.3. The van der Waals surface area contributed by atoms with Crippen molar-refractivity contribution in [3.63, 3.8) is 0 Å². The van der Waals surface area contributed by atoms with Gasteiger partial charge in [0, 0.05) is 37.0 Å². The van der Waals surface area contributed by atoms with Crippen LogP contribution in [0.5, 0.6) is 0 Å². The third-order valence-corrected chi connectivity index (χ3v) is 8.34. The van der Waals surface area contributed by atoms with Crippen LogP contribution in [0.15, 0.2) is 64.3 Å². The smallest absolute Gasteiger partial charge is 0.267 e. The Kier molecular flexibility index (Phi) is 6.67. The van der Waals surface area contributed by atoms with E-state index in [2.05, 4.69) is 5.10 Å². The Morgan fingerprint density at radius 3 is 2.53 bits per heavy atom. The highest BCUT2D eigenvalue weighted by Gasteiger charge is 2.26. The molecule has 0 aliphatic carbocycles. The molecule has 34 heavy (non-hydrogen) atoms. The largest absolute Gasteiger partial charge is 0.310 e. The fourth-order valence-electron chi connectivity index (χ4n) is 4.27. The molecule has 178 valence electrons. The van der Waals surface area contributed by atoms with E-state index < -0.39 is 15.6 Å². The predicted molar refractivity (Wildman–Crippen MR) is 131 cm³/mol. The molecule has 0 saturated carbocycles. The van der Waals surface area contributed by atoms with E-state index in [1.54, 1.807) is 49.9 Å². The summed E-state index contributed by atoms with van der Waals surface area (Å²) in [6.45, 7) is 6.46. The van der Waals surface area contributed by atoms with Crippen molar-refractivity contribution in [1.82, 2.24) is 14.1 Å². The molecular formula is C25H28N4O4S. The fourth-order valence-corrected chi connectivity index (χ4v) is 5.98. The number of aromatic nitrogens is 2. The first-order valence-electron chi connectivity index (χ1n) is 11.3. The van der Waals surface area contributed by atoms with E-state index in [9.17, 15) is 18.0 Å². The average molecular weight is 481 g/mol. The molecular weight excluding hydrogens is 452 g/mol. The van der Waals surface area contributed by atoms with Gasteiger partial charge in [-0.15, -0.1) is 0 Å². The summed E-state index contributed by atoms with van der Waals surface area (Å²) in [5, 5.41) is 4.40. The van der Waals surface area contributed by atoms with Gasteiger partial charge in [0.15, 0.2) is 0 Å². The van der Waals surface area contributed by atoms with Gasteiger partial charge in [0.1, 0.15) is 6.54 Å². The molecule has 2 heterocycles. The van der Waals surface area contributed by atoms with Crippen molar-refractivity contribution in [2.75, 3.05) is 24.5 Å². The van der Waals surface area contributed by atoms with Gasteiger partial charge >= 0.3 is 0 Å². The third-order valence-electron chi connectivity index (χ3n) is 6.15. The summed E-state index contributed by atoms with van der Waals surface area (Å²) in [6.07, 6.45) is 0.775. The number of para-hydroxylation sites is 1. The zero-order valence-electron chi connectivity index (χ0n) is 19.6. The van der Waals surface area contributed by atoms with Crippen LogP contribution in [-0.4, -0.2) is 48.0 Å². The van der Waals surface area contributed by atoms with Gasteiger partial charge in [0.05, 0.1) is 10.6 Å². The van der Waals surface area contributed by atoms with Crippen molar-refractivity contribution in [2.24, 2.45) is 0 Å². The van der Waals surface area contributed by atoms with Crippen LogP contribution in [0, 0.1) is 6.92 Å². The SMILES string of the molecule is CCN(CC)S(=O)(=O)c1cc(-c2ccc(=O)n(CC(=O)N3CCc4ccccc43)n2)ccc1C. The van der Waals surface area contributed by atoms with Crippen molar-refractivity contribution >= 4 is 21.6 Å². The van der Waals surface area contributed by atoms with E-state index in [0.29, 0.717) is 36.5 Å². The molecule has 0 saturated heterocycles. The summed E-state index contributed by atoms with van der Waals surface area (Å²) >= 11 is 0. The van der Waals surface area contributed by atoms with E-state index in [0.717, 1.165) is 22.4 Å². The number of benzene rings is 2. The zero-order valence-corrected chi connectivity index (χ0v) is 20.4. The number of hydrogen-bond acceptors (Lipinski definition) is 5. The van der Waals surface area contributed by atoms with Crippen molar-refractivity contribution in [3.8, 4) is 11.3 Å². The number of carbonyl (C=O) groups is 1. The van der Waals surface area contributed by atoms with Crippen molar-refractivity contribution in [3.05, 3.63) is 76.1 Å². The van der Waals surface area contributed by atoms with Crippen molar-refractivity contribution in [1.29, 1.82) is 0 Å². The standard InChI is InChI=1S/C25H28N4O4S/c1-4-27(5-2)34(32,33)23-16-20(11-10-18(23)3)21-12-13-24(30)29(26-21)17-25(31)28-15-14-19-8-6-7-9-22(19)28/h6-13,16H,4-5,14-15,17H2,1-3H3. The normalized spacial score (nSPS) is 13.4. The van der Waals surface area contributed by atoms with Gasteiger partial charge in [-0.3, -0.25) is 9.59 Å². The molecule has 0 unspecified atom stereocenters. The molecule has 3 aromatic rings. The first-order valence-corrected chi connectivity index (χ1v) is 12.8. The van der Waals surface area contributed by atoms with Gasteiger partial charge in [0.2, 0.25) is 15.9 Å². The Balaban J connectivity index is 1.66. The minimum atomic E-state index is -3.66. The number of anilines is 1. The quantitative estimate of drug-likeness (QED) is 0.519. The second-order valence-corrected chi connectivity index (χ2v) is 10.1. The molecule has 1 aliphatic heterocycles. The number of hydrogen-bond donors (Lipinski definition) is 0. The Hall–Kier alpha value is -3.30. The van der Waals surface area contributed by atoms with Crippen LogP contribution in [-0.2, 0) is 27.8 Å². The summed E-state index contributed by atoms with van der Waals surface area (Å²) in [4.78, 5) is 27.3. The third kappa shape index (κ3) is 4.41. The fraction of sp³-hybridized carbons (Fsp3) is 0.320. The first kappa shape index (κ1) is 23.8. The molecule has 4 rings (SSSR count). The second kappa shape index (κ2) is 9.52. The Bertz CT molecular complexity index is 1390. The molecule has 0 bridgehead atoms. The van der Waals surface area contributed by atoms with Crippen LogP contribution in [0.25, 0.3) is 11.3 Å². The molecule has 1 aromatic heterocycles. The van der Waals surface area contributed by atoms with E-state index >= 15 is 0 Å². The molecule has 1 amide bonds. The summed E-state index contributed by atoms with van der Waals surface area (Å²) in [5.41, 5.74) is 3.18. The summed E-state index contributed by atoms with van der Waals surface area (Å²) in [6, 6.07) is 15.7. The van der Waals surface area contributed by atoms with Gasteiger partial charge in [-0.1, -0.05) is 44.2 Å². The maximum atomic E-state index is 13.1. The monoisotopic (exact) mass is 480 g/mol. The Morgan fingerprint density at radius 2 is 1.79 bits per heavy atom. The predicted octanol–water partition coefficient (Wildman–Crippen LogP) is 2.84. The molecule has 0 radical (unpaired) electrons. The molecule has 0 spiro atoms. The number of amides is 1. The number of carbonyl (C=O) groups excluding carboxylic acids is 1. The van der Waals surface area contributed by atoms with Crippen molar-refractivity contribution < 1.29 is 13.2 Å². The lowest BCUT2D eigenvalue weighted by atomic mass is 10.1. The van der Waals surface area contributed by atoms with E-state index in [4.69, 9.17) is 0 Å². The molecule has 0 atom stereocenters. The van der Waals surface area contributed by atoms with Crippen LogP contribution in [0.2, 0.25) is 0 Å². The molecule has 0 N–H and O–H groups in total. The number of rotatable bonds is 7. The second-order valence-electron chi connectivity index (χ2n) is 8.21. The molecule has 9 heteroatoms. The molecule has 0 fully saturated rings.